The second-order valence-corrected chi connectivity index (χ2v) is 2.61. The maximum Gasteiger partial charge on any atom is 0.416 e. The molecular formula is C8H6F3NO2. The third-order valence-corrected chi connectivity index (χ3v) is 1.64. The van der Waals surface area contributed by atoms with Gasteiger partial charge in [-0.1, -0.05) is 30.3 Å². The Hall–Kier alpha value is -1.59. The molecule has 0 aliphatic carbocycles. The molecule has 0 bridgehead atoms. The van der Waals surface area contributed by atoms with Crippen LogP contribution in [0.3, 0.4) is 0 Å². The van der Waals surface area contributed by atoms with Crippen molar-refractivity contribution in [2.45, 2.75) is 12.2 Å². The van der Waals surface area contributed by atoms with Gasteiger partial charge in [0.25, 0.3) is 0 Å². The van der Waals surface area contributed by atoms with Gasteiger partial charge in [-0.3, -0.25) is 10.1 Å². The lowest BCUT2D eigenvalue weighted by Crippen LogP contribution is -2.33. The first-order chi connectivity index (χ1) is 6.46. The van der Waals surface area contributed by atoms with Crippen molar-refractivity contribution in [3.8, 4) is 0 Å². The molecule has 1 unspecified atom stereocenters. The number of hydrogen-bond donors (Lipinski definition) is 0. The van der Waals surface area contributed by atoms with Crippen LogP contribution in [0.1, 0.15) is 5.56 Å². The molecule has 0 amide bonds. The van der Waals surface area contributed by atoms with Crippen molar-refractivity contribution < 1.29 is 18.1 Å². The molecule has 0 aromatic heterocycles. The molecule has 6 heteroatoms. The van der Waals surface area contributed by atoms with E-state index in [-0.39, 0.29) is 0 Å². The van der Waals surface area contributed by atoms with Crippen molar-refractivity contribution in [2.75, 3.05) is 0 Å². The average Bonchev–Trinajstić information content (AvgIpc) is 2.18. The molecule has 1 aromatic rings. The van der Waals surface area contributed by atoms with Crippen LogP contribution in [0.25, 0.3) is 0 Å². The zero-order chi connectivity index (χ0) is 10.8. The number of benzene rings is 1. The van der Waals surface area contributed by atoms with E-state index in [9.17, 15) is 23.3 Å². The zero-order valence-corrected chi connectivity index (χ0v) is 6.86. The second kappa shape index (κ2) is 3.65. The first-order valence-electron chi connectivity index (χ1n) is 3.67. The zero-order valence-electron chi connectivity index (χ0n) is 6.86. The highest BCUT2D eigenvalue weighted by Gasteiger charge is 2.50. The highest BCUT2D eigenvalue weighted by molar-refractivity contribution is 5.20. The Kier molecular flexibility index (Phi) is 2.73. The number of alkyl halides is 3. The Morgan fingerprint density at radius 3 is 2.21 bits per heavy atom. The summed E-state index contributed by atoms with van der Waals surface area (Å²) in [5, 5.41) is 9.87. The molecule has 0 fully saturated rings. The summed E-state index contributed by atoms with van der Waals surface area (Å²) in [6.45, 7) is 0. The van der Waals surface area contributed by atoms with Gasteiger partial charge in [-0.2, -0.15) is 13.2 Å². The molecule has 3 nitrogen and oxygen atoms in total. The summed E-state index contributed by atoms with van der Waals surface area (Å²) in [6.07, 6.45) is -3.41. The van der Waals surface area contributed by atoms with E-state index < -0.39 is 22.7 Å². The van der Waals surface area contributed by atoms with Gasteiger partial charge >= 0.3 is 12.2 Å². The maximum absolute atomic E-state index is 13.0. The Bertz CT molecular complexity index is 329. The van der Waals surface area contributed by atoms with Gasteiger partial charge in [0.05, 0.1) is 4.92 Å². The summed E-state index contributed by atoms with van der Waals surface area (Å²) < 4.78 is 38.5. The minimum atomic E-state index is -4.09. The predicted molar refractivity (Wildman–Crippen MR) is 42.2 cm³/mol. The molecular weight excluding hydrogens is 199 g/mol. The highest BCUT2D eigenvalue weighted by atomic mass is 19.3. The lowest BCUT2D eigenvalue weighted by Gasteiger charge is -2.14. The lowest BCUT2D eigenvalue weighted by molar-refractivity contribution is -0.585. The van der Waals surface area contributed by atoms with E-state index in [4.69, 9.17) is 0 Å². The topological polar surface area (TPSA) is 43.1 Å². The smallest absolute Gasteiger partial charge is 0.261 e. The van der Waals surface area contributed by atoms with Gasteiger partial charge in [-0.15, -0.1) is 0 Å². The highest BCUT2D eigenvalue weighted by Crippen LogP contribution is 2.33. The first kappa shape index (κ1) is 10.5. The minimum absolute atomic E-state index is 0.704. The molecule has 76 valence electrons. The largest absolute Gasteiger partial charge is 0.416 e. The van der Waals surface area contributed by atoms with Gasteiger partial charge in [-0.25, -0.2) is 0 Å². The lowest BCUT2D eigenvalue weighted by atomic mass is 10.1. The first-order valence-corrected chi connectivity index (χ1v) is 3.67. The number of halogens is 3. The SMILES string of the molecule is O=[N+]([O-])C(F)C(F)(F)c1ccccc1. The fourth-order valence-electron chi connectivity index (χ4n) is 0.930. The fraction of sp³-hybridized carbons (Fsp3) is 0.250. The standard InChI is InChI=1S/C8H6F3NO2/c9-7(12(13)14)8(10,11)6-4-2-1-3-5-6/h1-5,7H. The van der Waals surface area contributed by atoms with Crippen LogP contribution in [-0.4, -0.2) is 11.2 Å². The Balaban J connectivity index is 3.02. The van der Waals surface area contributed by atoms with Crippen LogP contribution >= 0.6 is 0 Å². The summed E-state index contributed by atoms with van der Waals surface area (Å²) in [4.78, 5) is 8.22. The van der Waals surface area contributed by atoms with Crippen molar-refractivity contribution in [3.05, 3.63) is 46.0 Å². The summed E-state index contributed by atoms with van der Waals surface area (Å²) in [6, 6.07) is 5.86. The summed E-state index contributed by atoms with van der Waals surface area (Å²) in [5.41, 5.74) is -0.704. The Morgan fingerprint density at radius 2 is 1.79 bits per heavy atom. The average molecular weight is 205 g/mol. The van der Waals surface area contributed by atoms with Gasteiger partial charge in [0.2, 0.25) is 0 Å². The molecule has 1 rings (SSSR count). The normalized spacial score (nSPS) is 13.6. The second-order valence-electron chi connectivity index (χ2n) is 2.61. The van der Waals surface area contributed by atoms with Crippen molar-refractivity contribution in [3.63, 3.8) is 0 Å². The molecule has 1 atom stereocenters. The third kappa shape index (κ3) is 1.84. The number of nitro groups is 1. The maximum atomic E-state index is 13.0. The van der Waals surface area contributed by atoms with Gasteiger partial charge in [0.15, 0.2) is 0 Å². The van der Waals surface area contributed by atoms with Crippen molar-refractivity contribution >= 4 is 0 Å². The van der Waals surface area contributed by atoms with E-state index in [1.165, 1.54) is 18.2 Å². The number of hydrogen-bond acceptors (Lipinski definition) is 2. The van der Waals surface area contributed by atoms with Crippen molar-refractivity contribution in [1.82, 2.24) is 0 Å². The number of nitrogens with zero attached hydrogens (tertiary/aromatic N) is 1. The molecule has 0 N–H and O–H groups in total. The van der Waals surface area contributed by atoms with Crippen LogP contribution < -0.4 is 0 Å². The van der Waals surface area contributed by atoms with Crippen molar-refractivity contribution in [1.29, 1.82) is 0 Å². The minimum Gasteiger partial charge on any atom is -0.261 e. The molecule has 0 spiro atoms. The predicted octanol–water partition coefficient (Wildman–Crippen LogP) is 2.35. The summed E-state index contributed by atoms with van der Waals surface area (Å²) in [5.74, 6) is -4.09. The van der Waals surface area contributed by atoms with Gasteiger partial charge in [0.1, 0.15) is 0 Å². The quantitative estimate of drug-likeness (QED) is 0.431. The van der Waals surface area contributed by atoms with Gasteiger partial charge in [-0.05, 0) is 0 Å². The third-order valence-electron chi connectivity index (χ3n) is 1.64. The Labute approximate surface area is 77.3 Å². The van der Waals surface area contributed by atoms with Crippen LogP contribution in [-0.2, 0) is 5.92 Å². The monoisotopic (exact) mass is 205 g/mol. The molecule has 0 heterocycles. The van der Waals surface area contributed by atoms with Crippen LogP contribution in [0.2, 0.25) is 0 Å². The van der Waals surface area contributed by atoms with E-state index in [2.05, 4.69) is 0 Å². The molecule has 1 aromatic carbocycles. The van der Waals surface area contributed by atoms with Crippen LogP contribution in [0, 0.1) is 10.1 Å². The summed E-state index contributed by atoms with van der Waals surface area (Å²) in [7, 11) is 0. The fourth-order valence-corrected chi connectivity index (χ4v) is 0.930. The number of rotatable bonds is 3. The van der Waals surface area contributed by atoms with Gasteiger partial charge < -0.3 is 0 Å². The molecule has 0 radical (unpaired) electrons. The van der Waals surface area contributed by atoms with Crippen molar-refractivity contribution in [2.24, 2.45) is 0 Å². The molecule has 0 aliphatic rings. The van der Waals surface area contributed by atoms with E-state index >= 15 is 0 Å². The van der Waals surface area contributed by atoms with Crippen LogP contribution in [0.5, 0.6) is 0 Å². The van der Waals surface area contributed by atoms with E-state index in [0.717, 1.165) is 12.1 Å². The molecule has 14 heavy (non-hydrogen) atoms. The Morgan fingerprint density at radius 1 is 1.29 bits per heavy atom. The summed E-state index contributed by atoms with van der Waals surface area (Å²) >= 11 is 0. The van der Waals surface area contributed by atoms with Gasteiger partial charge in [0, 0.05) is 5.56 Å². The van der Waals surface area contributed by atoms with Crippen LogP contribution in [0.4, 0.5) is 13.2 Å². The van der Waals surface area contributed by atoms with E-state index in [0.29, 0.717) is 0 Å². The molecule has 0 aliphatic heterocycles. The van der Waals surface area contributed by atoms with Crippen LogP contribution in [0.15, 0.2) is 30.3 Å². The molecule has 0 saturated heterocycles. The van der Waals surface area contributed by atoms with E-state index in [1.54, 1.807) is 0 Å². The van der Waals surface area contributed by atoms with E-state index in [1.807, 2.05) is 0 Å². The molecule has 0 saturated carbocycles.